The van der Waals surface area contributed by atoms with Crippen LogP contribution >= 0.6 is 0 Å². The maximum atomic E-state index is 12.1. The summed E-state index contributed by atoms with van der Waals surface area (Å²) in [5.41, 5.74) is 2.73. The molecule has 1 unspecified atom stereocenters. The van der Waals surface area contributed by atoms with Crippen molar-refractivity contribution in [2.45, 2.75) is 45.8 Å². The third kappa shape index (κ3) is 5.96. The monoisotopic (exact) mass is 336 g/mol. The highest BCUT2D eigenvalue weighted by Gasteiger charge is 2.10. The predicted molar refractivity (Wildman–Crippen MR) is 98.2 cm³/mol. The molecular weight excluding hydrogens is 312 g/mol. The van der Waals surface area contributed by atoms with Gasteiger partial charge in [-0.15, -0.1) is 0 Å². The maximum Gasteiger partial charge on any atom is 0.220 e. The molecule has 1 amide bonds. The fourth-order valence-electron chi connectivity index (χ4n) is 2.51. The van der Waals surface area contributed by atoms with Gasteiger partial charge in [-0.05, 0) is 62.6 Å². The van der Waals surface area contributed by atoms with Crippen molar-refractivity contribution in [1.29, 1.82) is 5.26 Å². The summed E-state index contributed by atoms with van der Waals surface area (Å²) in [7, 11) is 0. The van der Waals surface area contributed by atoms with Gasteiger partial charge >= 0.3 is 0 Å². The van der Waals surface area contributed by atoms with E-state index in [0.717, 1.165) is 16.9 Å². The topological polar surface area (TPSA) is 62.1 Å². The molecule has 1 atom stereocenters. The van der Waals surface area contributed by atoms with E-state index in [0.29, 0.717) is 18.4 Å². The summed E-state index contributed by atoms with van der Waals surface area (Å²) in [6, 6.07) is 17.2. The minimum atomic E-state index is -0.0541. The van der Waals surface area contributed by atoms with Crippen LogP contribution in [0.2, 0.25) is 0 Å². The van der Waals surface area contributed by atoms with Gasteiger partial charge in [-0.3, -0.25) is 4.79 Å². The van der Waals surface area contributed by atoms with Gasteiger partial charge in [0, 0.05) is 6.42 Å². The lowest BCUT2D eigenvalue weighted by atomic mass is 10.1. The summed E-state index contributed by atoms with van der Waals surface area (Å²) >= 11 is 0. The maximum absolute atomic E-state index is 12.1. The highest BCUT2D eigenvalue weighted by atomic mass is 16.5. The lowest BCUT2D eigenvalue weighted by Crippen LogP contribution is -2.26. The Bertz CT molecular complexity index is 728. The Balaban J connectivity index is 1.83. The number of benzene rings is 2. The number of carbonyl (C=O) groups is 1. The average Bonchev–Trinajstić information content (AvgIpc) is 2.60. The van der Waals surface area contributed by atoms with Crippen LogP contribution < -0.4 is 10.1 Å². The van der Waals surface area contributed by atoms with Crippen molar-refractivity contribution in [3.8, 4) is 11.8 Å². The van der Waals surface area contributed by atoms with Crippen molar-refractivity contribution in [3.63, 3.8) is 0 Å². The standard InChI is InChI=1S/C21H24N2O2/c1-15(2)25-20-11-9-19(10-12-20)16(3)23-21(24)13-8-17-4-6-18(14-22)7-5-17/h4-7,9-12,15-16H,8,13H2,1-3H3,(H,23,24). The molecule has 4 nitrogen and oxygen atoms in total. The van der Waals surface area contributed by atoms with Crippen LogP contribution in [0.15, 0.2) is 48.5 Å². The quantitative estimate of drug-likeness (QED) is 0.826. The fraction of sp³-hybridized carbons (Fsp3) is 0.333. The molecule has 0 bridgehead atoms. The molecule has 0 aliphatic heterocycles. The van der Waals surface area contributed by atoms with Gasteiger partial charge in [-0.2, -0.15) is 5.26 Å². The number of hydrogen-bond donors (Lipinski definition) is 1. The Morgan fingerprint density at radius 3 is 2.28 bits per heavy atom. The van der Waals surface area contributed by atoms with Crippen molar-refractivity contribution in [3.05, 3.63) is 65.2 Å². The van der Waals surface area contributed by atoms with Crippen molar-refractivity contribution < 1.29 is 9.53 Å². The summed E-state index contributed by atoms with van der Waals surface area (Å²) in [6.45, 7) is 5.95. The highest BCUT2D eigenvalue weighted by molar-refractivity contribution is 5.76. The number of ether oxygens (including phenoxy) is 1. The number of nitrogens with zero attached hydrogens (tertiary/aromatic N) is 1. The second-order valence-corrected chi connectivity index (χ2v) is 6.33. The summed E-state index contributed by atoms with van der Waals surface area (Å²) < 4.78 is 5.63. The molecule has 0 saturated carbocycles. The van der Waals surface area contributed by atoms with E-state index >= 15 is 0 Å². The normalized spacial score (nSPS) is 11.6. The van der Waals surface area contributed by atoms with Gasteiger partial charge in [0.05, 0.1) is 23.8 Å². The van der Waals surface area contributed by atoms with Crippen molar-refractivity contribution >= 4 is 5.91 Å². The van der Waals surface area contributed by atoms with Gasteiger partial charge in [0.15, 0.2) is 0 Å². The van der Waals surface area contributed by atoms with Gasteiger partial charge in [0.2, 0.25) is 5.91 Å². The van der Waals surface area contributed by atoms with E-state index in [2.05, 4.69) is 11.4 Å². The number of rotatable bonds is 7. The van der Waals surface area contributed by atoms with Crippen LogP contribution in [-0.4, -0.2) is 12.0 Å². The molecule has 0 radical (unpaired) electrons. The molecule has 25 heavy (non-hydrogen) atoms. The van der Waals surface area contributed by atoms with Crippen LogP contribution in [0, 0.1) is 11.3 Å². The molecule has 0 heterocycles. The minimum Gasteiger partial charge on any atom is -0.491 e. The molecule has 0 aliphatic carbocycles. The summed E-state index contributed by atoms with van der Waals surface area (Å²) in [5, 5.41) is 11.8. The van der Waals surface area contributed by atoms with E-state index in [4.69, 9.17) is 10.00 Å². The molecule has 2 rings (SSSR count). The third-order valence-corrected chi connectivity index (χ3v) is 3.85. The van der Waals surface area contributed by atoms with E-state index in [1.165, 1.54) is 0 Å². The van der Waals surface area contributed by atoms with Crippen LogP contribution in [-0.2, 0) is 11.2 Å². The molecule has 0 saturated heterocycles. The fourth-order valence-corrected chi connectivity index (χ4v) is 2.51. The molecule has 0 spiro atoms. The number of aryl methyl sites for hydroxylation is 1. The molecule has 130 valence electrons. The second kappa shape index (κ2) is 8.89. The first-order valence-electron chi connectivity index (χ1n) is 8.53. The minimum absolute atomic E-state index is 0.0133. The van der Waals surface area contributed by atoms with Crippen molar-refractivity contribution in [2.24, 2.45) is 0 Å². The number of nitrogens with one attached hydrogen (secondary N) is 1. The third-order valence-electron chi connectivity index (χ3n) is 3.85. The number of amides is 1. The molecule has 0 aliphatic rings. The smallest absolute Gasteiger partial charge is 0.220 e. The zero-order valence-electron chi connectivity index (χ0n) is 15.0. The first-order valence-corrected chi connectivity index (χ1v) is 8.53. The lowest BCUT2D eigenvalue weighted by molar-refractivity contribution is -0.121. The Morgan fingerprint density at radius 1 is 1.08 bits per heavy atom. The number of carbonyl (C=O) groups excluding carboxylic acids is 1. The van der Waals surface area contributed by atoms with Gasteiger partial charge < -0.3 is 10.1 Å². The van der Waals surface area contributed by atoms with Crippen LogP contribution in [0.25, 0.3) is 0 Å². The lowest BCUT2D eigenvalue weighted by Gasteiger charge is -2.16. The van der Waals surface area contributed by atoms with Crippen molar-refractivity contribution in [1.82, 2.24) is 5.32 Å². The van der Waals surface area contributed by atoms with Gasteiger partial charge in [0.1, 0.15) is 5.75 Å². The zero-order chi connectivity index (χ0) is 18.2. The SMILES string of the molecule is CC(C)Oc1ccc(C(C)NC(=O)CCc2ccc(C#N)cc2)cc1. The molecule has 2 aromatic rings. The summed E-state index contributed by atoms with van der Waals surface area (Å²) in [4.78, 5) is 12.1. The largest absolute Gasteiger partial charge is 0.491 e. The Kier molecular flexibility index (Phi) is 6.59. The highest BCUT2D eigenvalue weighted by Crippen LogP contribution is 2.18. The van der Waals surface area contributed by atoms with Crippen LogP contribution in [0.3, 0.4) is 0 Å². The van der Waals surface area contributed by atoms with Crippen LogP contribution in [0.4, 0.5) is 0 Å². The average molecular weight is 336 g/mol. The Labute approximate surface area is 149 Å². The van der Waals surface area contributed by atoms with Gasteiger partial charge in [-0.25, -0.2) is 0 Å². The molecule has 1 N–H and O–H groups in total. The van der Waals surface area contributed by atoms with E-state index < -0.39 is 0 Å². The Morgan fingerprint density at radius 2 is 1.72 bits per heavy atom. The molecule has 0 aromatic heterocycles. The van der Waals surface area contributed by atoms with E-state index in [9.17, 15) is 4.79 Å². The van der Waals surface area contributed by atoms with E-state index in [-0.39, 0.29) is 18.1 Å². The molecule has 4 heteroatoms. The predicted octanol–water partition coefficient (Wildman–Crippen LogP) is 4.16. The van der Waals surface area contributed by atoms with Crippen molar-refractivity contribution in [2.75, 3.05) is 0 Å². The van der Waals surface area contributed by atoms with Crippen LogP contribution in [0.5, 0.6) is 5.75 Å². The number of nitriles is 1. The molecule has 2 aromatic carbocycles. The number of hydrogen-bond acceptors (Lipinski definition) is 3. The van der Waals surface area contributed by atoms with Gasteiger partial charge in [0.25, 0.3) is 0 Å². The van der Waals surface area contributed by atoms with Gasteiger partial charge in [-0.1, -0.05) is 24.3 Å². The molecular formula is C21H24N2O2. The first-order chi connectivity index (χ1) is 12.0. The Hall–Kier alpha value is -2.80. The summed E-state index contributed by atoms with van der Waals surface area (Å²) in [6.07, 6.45) is 1.22. The second-order valence-electron chi connectivity index (χ2n) is 6.33. The first kappa shape index (κ1) is 18.5. The zero-order valence-corrected chi connectivity index (χ0v) is 15.0. The van der Waals surface area contributed by atoms with E-state index in [1.54, 1.807) is 12.1 Å². The van der Waals surface area contributed by atoms with Crippen LogP contribution in [0.1, 0.15) is 49.9 Å². The molecule has 0 fully saturated rings. The van der Waals surface area contributed by atoms with E-state index in [1.807, 2.05) is 57.2 Å². The summed E-state index contributed by atoms with van der Waals surface area (Å²) in [5.74, 6) is 0.845.